The molecule has 0 unspecified atom stereocenters. The molecule has 1 heterocycles. The molecule has 2 aromatic rings. The van der Waals surface area contributed by atoms with E-state index in [4.69, 9.17) is 0 Å². The number of thiazole rings is 1. The van der Waals surface area contributed by atoms with Crippen molar-refractivity contribution in [3.05, 3.63) is 35.8 Å². The molecule has 0 saturated carbocycles. The molecule has 19 heavy (non-hydrogen) atoms. The van der Waals surface area contributed by atoms with Gasteiger partial charge in [-0.05, 0) is 30.7 Å². The van der Waals surface area contributed by atoms with Crippen LogP contribution < -0.4 is 5.32 Å². The van der Waals surface area contributed by atoms with Crippen LogP contribution in [0.25, 0.3) is 10.4 Å². The molecule has 0 aliphatic carbocycles. The van der Waals surface area contributed by atoms with E-state index in [1.807, 2.05) is 6.92 Å². The summed E-state index contributed by atoms with van der Waals surface area (Å²) in [6, 6.07) is 2.47. The fraction of sp³-hybridized carbons (Fsp3) is 0.250. The highest BCUT2D eigenvalue weighted by molar-refractivity contribution is 7.18. The van der Waals surface area contributed by atoms with Gasteiger partial charge in [-0.25, -0.2) is 9.37 Å². The van der Waals surface area contributed by atoms with E-state index in [1.165, 1.54) is 17.5 Å². The number of hydrogen-bond donors (Lipinski definition) is 1. The topological polar surface area (TPSA) is 24.9 Å². The van der Waals surface area contributed by atoms with E-state index in [9.17, 15) is 17.6 Å². The van der Waals surface area contributed by atoms with Gasteiger partial charge in [0.15, 0.2) is 5.13 Å². The van der Waals surface area contributed by atoms with Gasteiger partial charge in [-0.3, -0.25) is 0 Å². The van der Waals surface area contributed by atoms with Gasteiger partial charge in [0.2, 0.25) is 0 Å². The van der Waals surface area contributed by atoms with Crippen molar-refractivity contribution in [1.29, 1.82) is 0 Å². The standard InChI is InChI=1S/C12H10F4N2S/c1-2-17-11-18-6-10(19-11)7-3-8(12(14,15)16)5-9(13)4-7/h3-6H,2H2,1H3,(H,17,18). The average Bonchev–Trinajstić information content (AvgIpc) is 2.76. The Balaban J connectivity index is 2.41. The fourth-order valence-electron chi connectivity index (χ4n) is 1.54. The zero-order chi connectivity index (χ0) is 14.0. The number of alkyl halides is 3. The predicted octanol–water partition coefficient (Wildman–Crippen LogP) is 4.40. The van der Waals surface area contributed by atoms with Crippen molar-refractivity contribution in [2.45, 2.75) is 13.1 Å². The van der Waals surface area contributed by atoms with Crippen LogP contribution in [0.3, 0.4) is 0 Å². The Kier molecular flexibility index (Phi) is 3.75. The summed E-state index contributed by atoms with van der Waals surface area (Å²) in [4.78, 5) is 4.49. The van der Waals surface area contributed by atoms with Crippen LogP contribution >= 0.6 is 11.3 Å². The number of rotatable bonds is 3. The first-order chi connectivity index (χ1) is 8.90. The Morgan fingerprint density at radius 2 is 2.00 bits per heavy atom. The fourth-order valence-corrected chi connectivity index (χ4v) is 2.41. The minimum Gasteiger partial charge on any atom is -0.362 e. The van der Waals surface area contributed by atoms with E-state index in [2.05, 4.69) is 10.3 Å². The van der Waals surface area contributed by atoms with Gasteiger partial charge in [-0.15, -0.1) is 0 Å². The average molecular weight is 290 g/mol. The van der Waals surface area contributed by atoms with E-state index >= 15 is 0 Å². The van der Waals surface area contributed by atoms with Gasteiger partial charge >= 0.3 is 6.18 Å². The first kappa shape index (κ1) is 13.8. The second-order valence-electron chi connectivity index (χ2n) is 3.79. The molecule has 2 rings (SSSR count). The van der Waals surface area contributed by atoms with Gasteiger partial charge < -0.3 is 5.32 Å². The third-order valence-electron chi connectivity index (χ3n) is 2.34. The van der Waals surface area contributed by atoms with Crippen LogP contribution in [0, 0.1) is 5.82 Å². The van der Waals surface area contributed by atoms with Crippen molar-refractivity contribution in [3.63, 3.8) is 0 Å². The third kappa shape index (κ3) is 3.23. The molecule has 0 aliphatic rings. The Morgan fingerprint density at radius 1 is 1.26 bits per heavy atom. The molecule has 7 heteroatoms. The second kappa shape index (κ2) is 5.16. The highest BCUT2D eigenvalue weighted by atomic mass is 32.1. The quantitative estimate of drug-likeness (QED) is 0.847. The largest absolute Gasteiger partial charge is 0.416 e. The lowest BCUT2D eigenvalue weighted by molar-refractivity contribution is -0.137. The molecule has 1 aromatic carbocycles. The highest BCUT2D eigenvalue weighted by Gasteiger charge is 2.31. The highest BCUT2D eigenvalue weighted by Crippen LogP contribution is 2.35. The molecule has 102 valence electrons. The van der Waals surface area contributed by atoms with Gasteiger partial charge in [0, 0.05) is 12.7 Å². The molecule has 0 spiro atoms. The van der Waals surface area contributed by atoms with Crippen molar-refractivity contribution >= 4 is 16.5 Å². The maximum Gasteiger partial charge on any atom is 0.416 e. The number of anilines is 1. The van der Waals surface area contributed by atoms with E-state index in [0.717, 1.165) is 12.1 Å². The van der Waals surface area contributed by atoms with E-state index in [-0.39, 0.29) is 5.56 Å². The monoisotopic (exact) mass is 290 g/mol. The van der Waals surface area contributed by atoms with Crippen molar-refractivity contribution in [2.75, 3.05) is 11.9 Å². The number of nitrogens with zero attached hydrogens (tertiary/aromatic N) is 1. The Bertz CT molecular complexity index is 577. The number of aromatic nitrogens is 1. The number of hydrogen-bond acceptors (Lipinski definition) is 3. The zero-order valence-corrected chi connectivity index (χ0v) is 10.7. The van der Waals surface area contributed by atoms with Crippen molar-refractivity contribution < 1.29 is 17.6 Å². The van der Waals surface area contributed by atoms with Crippen LogP contribution in [0.2, 0.25) is 0 Å². The summed E-state index contributed by atoms with van der Waals surface area (Å²) in [5.41, 5.74) is -0.824. The molecule has 1 N–H and O–H groups in total. The lowest BCUT2D eigenvalue weighted by Crippen LogP contribution is -2.05. The Morgan fingerprint density at radius 3 is 2.63 bits per heavy atom. The molecule has 0 aliphatic heterocycles. The maximum atomic E-state index is 13.3. The molecule has 0 atom stereocenters. The SMILES string of the molecule is CCNc1ncc(-c2cc(F)cc(C(F)(F)F)c2)s1. The van der Waals surface area contributed by atoms with E-state index in [0.29, 0.717) is 22.6 Å². The minimum atomic E-state index is -4.56. The molecule has 0 fully saturated rings. The lowest BCUT2D eigenvalue weighted by Gasteiger charge is -2.08. The Labute approximate surface area is 111 Å². The summed E-state index contributed by atoms with van der Waals surface area (Å²) in [7, 11) is 0. The summed E-state index contributed by atoms with van der Waals surface area (Å²) >= 11 is 1.18. The van der Waals surface area contributed by atoms with Crippen LogP contribution in [0.1, 0.15) is 12.5 Å². The van der Waals surface area contributed by atoms with Crippen molar-refractivity contribution in [1.82, 2.24) is 4.98 Å². The summed E-state index contributed by atoms with van der Waals surface area (Å²) in [5, 5.41) is 3.54. The molecule has 0 bridgehead atoms. The summed E-state index contributed by atoms with van der Waals surface area (Å²) in [6.07, 6.45) is -3.14. The van der Waals surface area contributed by atoms with Gasteiger partial charge in [-0.1, -0.05) is 11.3 Å². The maximum absolute atomic E-state index is 13.3. The van der Waals surface area contributed by atoms with Crippen molar-refractivity contribution in [3.8, 4) is 10.4 Å². The van der Waals surface area contributed by atoms with Gasteiger partial charge in [0.25, 0.3) is 0 Å². The smallest absolute Gasteiger partial charge is 0.362 e. The molecule has 0 amide bonds. The van der Waals surface area contributed by atoms with Gasteiger partial charge in [0.1, 0.15) is 5.82 Å². The van der Waals surface area contributed by atoms with Crippen LogP contribution in [0.15, 0.2) is 24.4 Å². The summed E-state index contributed by atoms with van der Waals surface area (Å²) < 4.78 is 51.1. The Hall–Kier alpha value is -1.63. The van der Waals surface area contributed by atoms with Crippen LogP contribution in [0.4, 0.5) is 22.7 Å². The van der Waals surface area contributed by atoms with E-state index in [1.54, 1.807) is 0 Å². The number of halogens is 4. The number of nitrogens with one attached hydrogen (secondary N) is 1. The van der Waals surface area contributed by atoms with Crippen LogP contribution in [-0.4, -0.2) is 11.5 Å². The molecule has 0 saturated heterocycles. The first-order valence-electron chi connectivity index (χ1n) is 5.48. The lowest BCUT2D eigenvalue weighted by atomic mass is 10.1. The minimum absolute atomic E-state index is 0.175. The predicted molar refractivity (Wildman–Crippen MR) is 66.7 cm³/mol. The third-order valence-corrected chi connectivity index (χ3v) is 3.35. The molecular formula is C12H10F4N2S. The first-order valence-corrected chi connectivity index (χ1v) is 6.29. The van der Waals surface area contributed by atoms with Crippen molar-refractivity contribution in [2.24, 2.45) is 0 Å². The molecule has 2 nitrogen and oxygen atoms in total. The van der Waals surface area contributed by atoms with E-state index < -0.39 is 17.6 Å². The van der Waals surface area contributed by atoms with Crippen LogP contribution in [-0.2, 0) is 6.18 Å². The number of benzene rings is 1. The van der Waals surface area contributed by atoms with Gasteiger partial charge in [-0.2, -0.15) is 13.2 Å². The molecular weight excluding hydrogens is 280 g/mol. The molecule has 1 aromatic heterocycles. The summed E-state index contributed by atoms with van der Waals surface area (Å²) in [6.45, 7) is 2.54. The van der Waals surface area contributed by atoms with Crippen LogP contribution in [0.5, 0.6) is 0 Å². The summed E-state index contributed by atoms with van der Waals surface area (Å²) in [5.74, 6) is -0.914. The second-order valence-corrected chi connectivity index (χ2v) is 4.82. The molecule has 0 radical (unpaired) electrons. The normalized spacial score (nSPS) is 11.6. The van der Waals surface area contributed by atoms with Gasteiger partial charge in [0.05, 0.1) is 10.4 Å². The zero-order valence-electron chi connectivity index (χ0n) is 9.88.